The number of carbonyl (C=O) groups is 1. The first-order chi connectivity index (χ1) is 8.74. The van der Waals surface area contributed by atoms with Crippen LogP contribution in [0.5, 0.6) is 0 Å². The van der Waals surface area contributed by atoms with Crippen molar-refractivity contribution >= 4 is 17.4 Å². The molecule has 0 radical (unpaired) electrons. The van der Waals surface area contributed by atoms with Crippen LogP contribution in [0.25, 0.3) is 11.1 Å². The number of pyridine rings is 1. The number of nitrogens with one attached hydrogen (secondary N) is 2. The van der Waals surface area contributed by atoms with Crippen molar-refractivity contribution in [3.05, 3.63) is 42.2 Å². The van der Waals surface area contributed by atoms with Crippen LogP contribution in [0.1, 0.15) is 5.56 Å². The summed E-state index contributed by atoms with van der Waals surface area (Å²) in [6.45, 7) is 0.546. The number of urea groups is 1. The quantitative estimate of drug-likeness (QED) is 0.712. The van der Waals surface area contributed by atoms with Gasteiger partial charge in [0.05, 0.1) is 0 Å². The first-order valence-electron chi connectivity index (χ1n) is 5.62. The second-order valence-corrected chi connectivity index (χ2v) is 4.14. The summed E-state index contributed by atoms with van der Waals surface area (Å²) in [6.07, 6.45) is 3.38. The summed E-state index contributed by atoms with van der Waals surface area (Å²) >= 11 is 0. The lowest BCUT2D eigenvalue weighted by atomic mass is 10.0. The van der Waals surface area contributed by atoms with Crippen LogP contribution in [0.4, 0.5) is 16.2 Å². The van der Waals surface area contributed by atoms with Crippen molar-refractivity contribution < 1.29 is 4.79 Å². The molecule has 0 bridgehead atoms. The highest BCUT2D eigenvalue weighted by molar-refractivity contribution is 5.93. The Morgan fingerprint density at radius 1 is 1.28 bits per heavy atom. The molecular formula is C13H12N4O. The molecule has 0 atom stereocenters. The number of fused-ring (bicyclic) bond motifs is 1. The monoisotopic (exact) mass is 240 g/mol. The molecule has 1 aromatic carbocycles. The number of hydrogen-bond acceptors (Lipinski definition) is 3. The zero-order chi connectivity index (χ0) is 12.5. The van der Waals surface area contributed by atoms with Gasteiger partial charge in [0, 0.05) is 35.9 Å². The second-order valence-electron chi connectivity index (χ2n) is 4.14. The molecule has 0 saturated carbocycles. The average Bonchev–Trinajstić information content (AvgIpc) is 2.38. The first kappa shape index (κ1) is 10.6. The standard InChI is InChI=1S/C13H12N4O/c14-11-3-4-15-7-10(11)8-1-2-9-6-16-13(18)17-12(9)5-8/h1-5,7H,6H2,(H2,14,15)(H2,16,17,18). The van der Waals surface area contributed by atoms with Crippen molar-refractivity contribution in [2.24, 2.45) is 0 Å². The first-order valence-corrected chi connectivity index (χ1v) is 5.62. The van der Waals surface area contributed by atoms with E-state index in [4.69, 9.17) is 5.73 Å². The fraction of sp³-hybridized carbons (Fsp3) is 0.0769. The number of nitrogen functional groups attached to an aromatic ring is 1. The van der Waals surface area contributed by atoms with Crippen LogP contribution in [0.15, 0.2) is 36.7 Å². The van der Waals surface area contributed by atoms with Gasteiger partial charge in [-0.15, -0.1) is 0 Å². The Hall–Kier alpha value is -2.56. The normalized spacial score (nSPS) is 13.4. The third-order valence-electron chi connectivity index (χ3n) is 2.96. The SMILES string of the molecule is Nc1ccncc1-c1ccc2c(c1)NC(=O)NC2. The van der Waals surface area contributed by atoms with Crippen molar-refractivity contribution in [2.75, 3.05) is 11.1 Å². The van der Waals surface area contributed by atoms with Crippen molar-refractivity contribution in [3.8, 4) is 11.1 Å². The molecule has 0 unspecified atom stereocenters. The van der Waals surface area contributed by atoms with Crippen LogP contribution in [0.2, 0.25) is 0 Å². The summed E-state index contributed by atoms with van der Waals surface area (Å²) in [6, 6.07) is 7.45. The molecule has 0 spiro atoms. The number of hydrogen-bond donors (Lipinski definition) is 3. The van der Waals surface area contributed by atoms with Crippen LogP contribution < -0.4 is 16.4 Å². The summed E-state index contributed by atoms with van der Waals surface area (Å²) in [7, 11) is 0. The summed E-state index contributed by atoms with van der Waals surface area (Å²) in [5.74, 6) is 0. The van der Waals surface area contributed by atoms with E-state index in [1.54, 1.807) is 18.5 Å². The van der Waals surface area contributed by atoms with Gasteiger partial charge in [0.1, 0.15) is 0 Å². The predicted molar refractivity (Wildman–Crippen MR) is 69.9 cm³/mol. The summed E-state index contributed by atoms with van der Waals surface area (Å²) in [4.78, 5) is 15.4. The highest BCUT2D eigenvalue weighted by Gasteiger charge is 2.14. The fourth-order valence-electron chi connectivity index (χ4n) is 2.00. The number of nitrogens with two attached hydrogens (primary N) is 1. The van der Waals surface area contributed by atoms with Crippen LogP contribution in [-0.4, -0.2) is 11.0 Å². The molecule has 4 N–H and O–H groups in total. The van der Waals surface area contributed by atoms with Crippen molar-refractivity contribution in [1.82, 2.24) is 10.3 Å². The van der Waals surface area contributed by atoms with Gasteiger partial charge >= 0.3 is 6.03 Å². The Balaban J connectivity index is 2.07. The summed E-state index contributed by atoms with van der Waals surface area (Å²) in [5.41, 5.74) is 10.3. The van der Waals surface area contributed by atoms with Crippen molar-refractivity contribution in [2.45, 2.75) is 6.54 Å². The summed E-state index contributed by atoms with van der Waals surface area (Å²) < 4.78 is 0. The van der Waals surface area contributed by atoms with Gasteiger partial charge in [-0.05, 0) is 23.3 Å². The zero-order valence-corrected chi connectivity index (χ0v) is 9.60. The van der Waals surface area contributed by atoms with Crippen LogP contribution in [0.3, 0.4) is 0 Å². The Morgan fingerprint density at radius 2 is 2.17 bits per heavy atom. The minimum Gasteiger partial charge on any atom is -0.398 e. The van der Waals surface area contributed by atoms with E-state index in [2.05, 4.69) is 15.6 Å². The minimum absolute atomic E-state index is 0.182. The molecule has 5 nitrogen and oxygen atoms in total. The zero-order valence-electron chi connectivity index (χ0n) is 9.60. The lowest BCUT2D eigenvalue weighted by molar-refractivity contribution is 0.251. The third kappa shape index (κ3) is 1.75. The van der Waals surface area contributed by atoms with E-state index < -0.39 is 0 Å². The van der Waals surface area contributed by atoms with Gasteiger partial charge < -0.3 is 16.4 Å². The molecule has 0 aliphatic carbocycles. The number of benzene rings is 1. The molecule has 0 fully saturated rings. The molecule has 1 aliphatic heterocycles. The Labute approximate surface area is 104 Å². The second kappa shape index (κ2) is 4.03. The lowest BCUT2D eigenvalue weighted by Gasteiger charge is -2.19. The van der Waals surface area contributed by atoms with E-state index in [0.717, 1.165) is 22.4 Å². The van der Waals surface area contributed by atoms with Gasteiger partial charge in [-0.3, -0.25) is 4.98 Å². The molecule has 2 heterocycles. The third-order valence-corrected chi connectivity index (χ3v) is 2.96. The van der Waals surface area contributed by atoms with E-state index in [1.807, 2.05) is 18.2 Å². The molecule has 90 valence electrons. The van der Waals surface area contributed by atoms with E-state index in [1.165, 1.54) is 0 Å². The summed E-state index contributed by atoms with van der Waals surface area (Å²) in [5, 5.41) is 5.50. The van der Waals surface area contributed by atoms with Crippen molar-refractivity contribution in [1.29, 1.82) is 0 Å². The molecule has 1 aromatic heterocycles. The highest BCUT2D eigenvalue weighted by Crippen LogP contribution is 2.29. The maximum Gasteiger partial charge on any atom is 0.319 e. The molecule has 18 heavy (non-hydrogen) atoms. The Morgan fingerprint density at radius 3 is 3.00 bits per heavy atom. The largest absolute Gasteiger partial charge is 0.398 e. The van der Waals surface area contributed by atoms with Gasteiger partial charge in [-0.2, -0.15) is 0 Å². The van der Waals surface area contributed by atoms with Gasteiger partial charge in [0.2, 0.25) is 0 Å². The maximum atomic E-state index is 11.3. The minimum atomic E-state index is -0.182. The molecule has 0 saturated heterocycles. The van der Waals surface area contributed by atoms with Crippen LogP contribution in [-0.2, 0) is 6.54 Å². The molecular weight excluding hydrogens is 228 g/mol. The molecule has 2 amide bonds. The van der Waals surface area contributed by atoms with Gasteiger partial charge in [-0.1, -0.05) is 12.1 Å². The molecule has 2 aromatic rings. The van der Waals surface area contributed by atoms with E-state index in [9.17, 15) is 4.79 Å². The number of anilines is 2. The van der Waals surface area contributed by atoms with Gasteiger partial charge in [0.15, 0.2) is 0 Å². The molecule has 3 rings (SSSR count). The number of carbonyl (C=O) groups excluding carboxylic acids is 1. The number of rotatable bonds is 1. The highest BCUT2D eigenvalue weighted by atomic mass is 16.2. The van der Waals surface area contributed by atoms with E-state index >= 15 is 0 Å². The van der Waals surface area contributed by atoms with Gasteiger partial charge in [0.25, 0.3) is 0 Å². The Kier molecular flexibility index (Phi) is 2.37. The molecule has 1 aliphatic rings. The van der Waals surface area contributed by atoms with Crippen LogP contribution >= 0.6 is 0 Å². The molecule has 5 heteroatoms. The van der Waals surface area contributed by atoms with Crippen molar-refractivity contribution in [3.63, 3.8) is 0 Å². The number of nitrogens with zero attached hydrogens (tertiary/aromatic N) is 1. The van der Waals surface area contributed by atoms with E-state index in [0.29, 0.717) is 12.2 Å². The van der Waals surface area contributed by atoms with Gasteiger partial charge in [-0.25, -0.2) is 4.79 Å². The average molecular weight is 240 g/mol. The maximum absolute atomic E-state index is 11.3. The smallest absolute Gasteiger partial charge is 0.319 e. The lowest BCUT2D eigenvalue weighted by Crippen LogP contribution is -2.33. The number of aromatic nitrogens is 1. The number of amides is 2. The topological polar surface area (TPSA) is 80.0 Å². The predicted octanol–water partition coefficient (Wildman–Crippen LogP) is 1.97. The van der Waals surface area contributed by atoms with E-state index in [-0.39, 0.29) is 6.03 Å². The fourth-order valence-corrected chi connectivity index (χ4v) is 2.00. The Bertz CT molecular complexity index is 624. The van der Waals surface area contributed by atoms with Crippen LogP contribution in [0, 0.1) is 0 Å².